The van der Waals surface area contributed by atoms with Gasteiger partial charge in [-0.1, -0.05) is 20.8 Å². The van der Waals surface area contributed by atoms with E-state index in [1.54, 1.807) is 6.92 Å². The van der Waals surface area contributed by atoms with Crippen molar-refractivity contribution in [3.05, 3.63) is 0 Å². The van der Waals surface area contributed by atoms with Crippen molar-refractivity contribution >= 4 is 46.4 Å². The number of hydrogen-bond acceptors (Lipinski definition) is 2. The van der Waals surface area contributed by atoms with Gasteiger partial charge in [0, 0.05) is 12.6 Å². The molecule has 1 N–H and O–H groups in total. The molecule has 0 spiro atoms. The zero-order valence-corrected chi connectivity index (χ0v) is 16.0. The summed E-state index contributed by atoms with van der Waals surface area (Å²) in [6.07, 6.45) is 3.95. The molecule has 3 fully saturated rings. The number of nitrogens with zero attached hydrogens (tertiary/aromatic N) is 1. The van der Waals surface area contributed by atoms with Gasteiger partial charge in [0.15, 0.2) is 5.11 Å². The van der Waals surface area contributed by atoms with Gasteiger partial charge in [-0.25, -0.2) is 0 Å². The quantitative estimate of drug-likeness (QED) is 0.567. The summed E-state index contributed by atoms with van der Waals surface area (Å²) < 4.78 is -0.957. The highest BCUT2D eigenvalue weighted by Crippen LogP contribution is 2.63. The molecular weight excluding hydrogens is 339 g/mol. The van der Waals surface area contributed by atoms with Crippen LogP contribution in [-0.4, -0.2) is 32.8 Å². The Morgan fingerprint density at radius 2 is 1.77 bits per heavy atom. The predicted octanol–water partition coefficient (Wildman–Crippen LogP) is 3.87. The van der Waals surface area contributed by atoms with Crippen LogP contribution in [0, 0.1) is 16.2 Å². The number of carbonyl (C=O) groups is 1. The summed E-state index contributed by atoms with van der Waals surface area (Å²) in [5, 5.41) is 3.42. The smallest absolute Gasteiger partial charge is 0.235 e. The van der Waals surface area contributed by atoms with Crippen molar-refractivity contribution in [2.24, 2.45) is 16.2 Å². The molecule has 1 amide bonds. The van der Waals surface area contributed by atoms with Gasteiger partial charge in [0.25, 0.3) is 0 Å². The molecule has 1 heterocycles. The lowest BCUT2D eigenvalue weighted by Gasteiger charge is -2.39. The molecule has 3 aliphatic rings. The molecule has 6 heteroatoms. The summed E-state index contributed by atoms with van der Waals surface area (Å²) in [5.74, 6) is -0.159. The van der Waals surface area contributed by atoms with Crippen LogP contribution in [0.2, 0.25) is 0 Å². The summed E-state index contributed by atoms with van der Waals surface area (Å²) in [6.45, 7) is 9.68. The van der Waals surface area contributed by atoms with Crippen molar-refractivity contribution in [3.63, 3.8) is 0 Å². The number of fused-ring (bicyclic) bond motifs is 2. The highest BCUT2D eigenvalue weighted by Gasteiger charge is 2.68. The van der Waals surface area contributed by atoms with E-state index >= 15 is 0 Å². The maximum absolute atomic E-state index is 12.4. The third kappa shape index (κ3) is 2.65. The number of amides is 1. The van der Waals surface area contributed by atoms with Crippen LogP contribution in [-0.2, 0) is 4.79 Å². The number of nitrogens with one attached hydrogen (secondary N) is 1. The lowest BCUT2D eigenvalue weighted by molar-refractivity contribution is -0.124. The zero-order valence-electron chi connectivity index (χ0n) is 13.6. The monoisotopic (exact) mass is 362 g/mol. The van der Waals surface area contributed by atoms with Gasteiger partial charge in [0.1, 0.15) is 4.33 Å². The predicted molar refractivity (Wildman–Crippen MR) is 94.1 cm³/mol. The molecule has 2 bridgehead atoms. The molecular formula is C16H24Cl2N2OS. The van der Waals surface area contributed by atoms with Crippen molar-refractivity contribution in [2.75, 3.05) is 6.54 Å². The highest BCUT2D eigenvalue weighted by molar-refractivity contribution is 7.80. The average molecular weight is 363 g/mol. The lowest BCUT2D eigenvalue weighted by atomic mass is 9.65. The van der Waals surface area contributed by atoms with E-state index in [4.69, 9.17) is 35.4 Å². The summed E-state index contributed by atoms with van der Waals surface area (Å²) in [5.41, 5.74) is -0.110. The van der Waals surface area contributed by atoms with Gasteiger partial charge in [0.05, 0.1) is 5.41 Å². The third-order valence-electron chi connectivity index (χ3n) is 5.66. The second-order valence-electron chi connectivity index (χ2n) is 8.81. The minimum absolute atomic E-state index is 0.159. The van der Waals surface area contributed by atoms with E-state index in [2.05, 4.69) is 31.0 Å². The fourth-order valence-electron chi connectivity index (χ4n) is 4.65. The van der Waals surface area contributed by atoms with Crippen LogP contribution in [0.1, 0.15) is 53.4 Å². The number of carbonyl (C=O) groups excluding carboxylic acids is 1. The Balaban J connectivity index is 1.68. The Kier molecular flexibility index (Phi) is 3.61. The SMILES string of the molecule is CC1(C)C[C@@H]2C[C@](C)(CN2C(=S)NC(=O)[C@@]2(C)CC2(Cl)Cl)C1. The van der Waals surface area contributed by atoms with E-state index in [0.717, 1.165) is 19.4 Å². The van der Waals surface area contributed by atoms with E-state index in [1.807, 2.05) is 0 Å². The van der Waals surface area contributed by atoms with Gasteiger partial charge in [0.2, 0.25) is 5.91 Å². The molecule has 3 rings (SSSR count). The molecule has 3 nitrogen and oxygen atoms in total. The Hall–Kier alpha value is -0.0600. The molecule has 0 unspecified atom stereocenters. The number of alkyl halides is 2. The minimum Gasteiger partial charge on any atom is -0.345 e. The Morgan fingerprint density at radius 3 is 2.32 bits per heavy atom. The van der Waals surface area contributed by atoms with Crippen LogP contribution >= 0.6 is 35.4 Å². The fraction of sp³-hybridized carbons (Fsp3) is 0.875. The molecule has 3 atom stereocenters. The number of thiocarbonyl (C=S) groups is 1. The summed E-state index contributed by atoms with van der Waals surface area (Å²) in [4.78, 5) is 14.6. The van der Waals surface area contributed by atoms with Crippen LogP contribution in [0.4, 0.5) is 0 Å². The van der Waals surface area contributed by atoms with E-state index in [9.17, 15) is 4.79 Å². The zero-order chi connectivity index (χ0) is 16.6. The standard InChI is InChI=1S/C16H24Cl2N2OS/c1-13(2)5-10-6-14(3,7-13)9-20(10)12(22)19-11(21)15(4)8-16(15,17)18/h10H,5-9H2,1-4H3,(H,19,21,22)/t10-,14+,15-/m1/s1. The molecule has 0 radical (unpaired) electrons. The van der Waals surface area contributed by atoms with Gasteiger partial charge in [-0.3, -0.25) is 4.79 Å². The maximum Gasteiger partial charge on any atom is 0.235 e. The van der Waals surface area contributed by atoms with Gasteiger partial charge < -0.3 is 10.2 Å². The van der Waals surface area contributed by atoms with Gasteiger partial charge in [-0.15, -0.1) is 23.2 Å². The lowest BCUT2D eigenvalue weighted by Crippen LogP contribution is -2.48. The molecule has 0 aromatic heterocycles. The van der Waals surface area contributed by atoms with Crippen molar-refractivity contribution in [1.29, 1.82) is 0 Å². The van der Waals surface area contributed by atoms with Crippen LogP contribution in [0.15, 0.2) is 0 Å². The second-order valence-corrected chi connectivity index (χ2v) is 10.7. The van der Waals surface area contributed by atoms with Crippen LogP contribution < -0.4 is 5.32 Å². The largest absolute Gasteiger partial charge is 0.345 e. The second kappa shape index (κ2) is 4.73. The first-order chi connectivity index (χ1) is 9.88. The van der Waals surface area contributed by atoms with Crippen LogP contribution in [0.5, 0.6) is 0 Å². The minimum atomic E-state index is -0.957. The summed E-state index contributed by atoms with van der Waals surface area (Å²) in [7, 11) is 0. The Bertz CT molecular complexity index is 550. The van der Waals surface area contributed by atoms with Crippen molar-refractivity contribution in [2.45, 2.75) is 63.8 Å². The first kappa shape index (κ1) is 16.8. The molecule has 0 aromatic carbocycles. The van der Waals surface area contributed by atoms with Crippen LogP contribution in [0.25, 0.3) is 0 Å². The molecule has 0 aromatic rings. The molecule has 2 aliphatic carbocycles. The maximum atomic E-state index is 12.4. The molecule has 1 aliphatic heterocycles. The topological polar surface area (TPSA) is 32.3 Å². The molecule has 2 saturated carbocycles. The third-order valence-corrected chi connectivity index (χ3v) is 7.09. The van der Waals surface area contributed by atoms with E-state index < -0.39 is 9.75 Å². The van der Waals surface area contributed by atoms with Crippen molar-refractivity contribution in [1.82, 2.24) is 10.2 Å². The van der Waals surface area contributed by atoms with E-state index in [0.29, 0.717) is 23.0 Å². The first-order valence-corrected chi connectivity index (χ1v) is 9.04. The van der Waals surface area contributed by atoms with E-state index in [-0.39, 0.29) is 11.3 Å². The normalized spacial score (nSPS) is 41.2. The first-order valence-electron chi connectivity index (χ1n) is 7.88. The molecule has 1 saturated heterocycles. The Morgan fingerprint density at radius 1 is 1.18 bits per heavy atom. The highest BCUT2D eigenvalue weighted by atomic mass is 35.5. The number of halogens is 2. The average Bonchev–Trinajstić information content (AvgIpc) is 2.71. The van der Waals surface area contributed by atoms with Gasteiger partial charge in [-0.05, 0) is 55.7 Å². The fourth-order valence-corrected chi connectivity index (χ4v) is 5.66. The van der Waals surface area contributed by atoms with Gasteiger partial charge >= 0.3 is 0 Å². The molecule has 22 heavy (non-hydrogen) atoms. The number of hydrogen-bond donors (Lipinski definition) is 1. The van der Waals surface area contributed by atoms with Crippen LogP contribution in [0.3, 0.4) is 0 Å². The summed E-state index contributed by atoms with van der Waals surface area (Å²) in [6, 6.07) is 0.422. The van der Waals surface area contributed by atoms with Gasteiger partial charge in [-0.2, -0.15) is 0 Å². The molecule has 124 valence electrons. The number of likely N-dealkylation sites (tertiary alicyclic amines) is 1. The van der Waals surface area contributed by atoms with E-state index in [1.165, 1.54) is 6.42 Å². The Labute approximate surface area is 148 Å². The van der Waals surface area contributed by atoms with Crippen molar-refractivity contribution in [3.8, 4) is 0 Å². The summed E-state index contributed by atoms with van der Waals surface area (Å²) >= 11 is 17.7. The number of rotatable bonds is 1. The van der Waals surface area contributed by atoms with Crippen molar-refractivity contribution < 1.29 is 4.79 Å².